The molecule has 2 heterocycles. The topological polar surface area (TPSA) is 26.3 Å². The van der Waals surface area contributed by atoms with Crippen LogP contribution in [0.15, 0.2) is 81.6 Å². The first kappa shape index (κ1) is 21.6. The second-order valence-corrected chi connectivity index (χ2v) is 7.64. The van der Waals surface area contributed by atoms with Gasteiger partial charge in [0.1, 0.15) is 11.5 Å². The molecule has 150 valence electrons. The standard InChI is InChI=1S/2C14H11O.Zr/c2*1-10-6-9-14(15-10)13-8-7-11-4-2-3-5-12(11)13;/h2*2-7,9,13H,1H3;/q2*-1;+2. The third kappa shape index (κ3) is 4.38. The van der Waals surface area contributed by atoms with Gasteiger partial charge in [-0.3, -0.25) is 12.2 Å². The van der Waals surface area contributed by atoms with Crippen LogP contribution in [0.4, 0.5) is 0 Å². The van der Waals surface area contributed by atoms with Crippen LogP contribution in [0.25, 0.3) is 12.2 Å². The minimum atomic E-state index is 0. The van der Waals surface area contributed by atoms with Crippen LogP contribution in [0.2, 0.25) is 0 Å². The summed E-state index contributed by atoms with van der Waals surface area (Å²) in [5.74, 6) is 4.22. The van der Waals surface area contributed by atoms with Gasteiger partial charge in [-0.25, -0.2) is 12.2 Å². The third-order valence-corrected chi connectivity index (χ3v) is 5.52. The maximum atomic E-state index is 5.64. The van der Waals surface area contributed by atoms with E-state index in [2.05, 4.69) is 48.6 Å². The summed E-state index contributed by atoms with van der Waals surface area (Å²) >= 11 is 0. The molecular weight excluding hydrogens is 460 g/mol. The normalized spacial score (nSPS) is 17.5. The molecule has 0 fully saturated rings. The molecule has 2 aromatic carbocycles. The largest absolute Gasteiger partial charge is 2.00 e. The predicted molar refractivity (Wildman–Crippen MR) is 119 cm³/mol. The van der Waals surface area contributed by atoms with E-state index < -0.39 is 0 Å². The summed E-state index contributed by atoms with van der Waals surface area (Å²) in [5, 5.41) is 0. The fourth-order valence-corrected chi connectivity index (χ4v) is 4.02. The van der Waals surface area contributed by atoms with Gasteiger partial charge >= 0.3 is 26.2 Å². The van der Waals surface area contributed by atoms with E-state index in [0.717, 1.165) is 23.0 Å². The van der Waals surface area contributed by atoms with Crippen molar-refractivity contribution in [2.24, 2.45) is 0 Å². The van der Waals surface area contributed by atoms with Crippen molar-refractivity contribution in [2.45, 2.75) is 25.7 Å². The number of furan rings is 2. The van der Waals surface area contributed by atoms with Gasteiger partial charge in [0.2, 0.25) is 0 Å². The number of allylic oxidation sites excluding steroid dienone is 2. The van der Waals surface area contributed by atoms with Crippen LogP contribution < -0.4 is 0 Å². The van der Waals surface area contributed by atoms with Crippen LogP contribution in [-0.2, 0) is 26.2 Å². The molecule has 2 aliphatic carbocycles. The van der Waals surface area contributed by atoms with Crippen LogP contribution >= 0.6 is 0 Å². The van der Waals surface area contributed by atoms with E-state index in [9.17, 15) is 0 Å². The van der Waals surface area contributed by atoms with E-state index in [0.29, 0.717) is 0 Å². The fourth-order valence-electron chi connectivity index (χ4n) is 4.02. The smallest absolute Gasteiger partial charge is 0.467 e. The quantitative estimate of drug-likeness (QED) is 0.286. The molecular formula is C28H22O2Zr. The van der Waals surface area contributed by atoms with Gasteiger partial charge in [-0.05, 0) is 49.9 Å². The van der Waals surface area contributed by atoms with Gasteiger partial charge in [-0.2, -0.15) is 11.1 Å². The summed E-state index contributed by atoms with van der Waals surface area (Å²) < 4.78 is 11.3. The Balaban J connectivity index is 0.000000144. The van der Waals surface area contributed by atoms with Gasteiger partial charge in [0, 0.05) is 0 Å². The van der Waals surface area contributed by atoms with Gasteiger partial charge in [-0.1, -0.05) is 36.4 Å². The molecule has 0 aliphatic heterocycles. The van der Waals surface area contributed by atoms with Crippen LogP contribution in [0.3, 0.4) is 0 Å². The molecule has 0 spiro atoms. The second-order valence-electron chi connectivity index (χ2n) is 7.64. The van der Waals surface area contributed by atoms with E-state index in [-0.39, 0.29) is 38.0 Å². The van der Waals surface area contributed by atoms with Gasteiger partial charge in [0.15, 0.2) is 0 Å². The fraction of sp³-hybridized carbons (Fsp3) is 0.143. The molecule has 0 bridgehead atoms. The Morgan fingerprint density at radius 2 is 1.00 bits per heavy atom. The first-order valence-corrected chi connectivity index (χ1v) is 10.2. The number of hydrogen-bond donors (Lipinski definition) is 0. The van der Waals surface area contributed by atoms with Crippen LogP contribution in [0, 0.1) is 26.0 Å². The zero-order valence-corrected chi connectivity index (χ0v) is 20.0. The Hall–Kier alpha value is -2.64. The van der Waals surface area contributed by atoms with E-state index >= 15 is 0 Å². The molecule has 31 heavy (non-hydrogen) atoms. The van der Waals surface area contributed by atoms with Crippen LogP contribution in [-0.4, -0.2) is 0 Å². The molecule has 2 unspecified atom stereocenters. The Morgan fingerprint density at radius 1 is 0.581 bits per heavy atom. The molecule has 2 atom stereocenters. The van der Waals surface area contributed by atoms with E-state index in [1.165, 1.54) is 22.3 Å². The monoisotopic (exact) mass is 480 g/mol. The number of rotatable bonds is 2. The van der Waals surface area contributed by atoms with Gasteiger partial charge in [-0.15, -0.1) is 23.3 Å². The second kappa shape index (κ2) is 9.24. The first-order valence-electron chi connectivity index (χ1n) is 10.2. The summed E-state index contributed by atoms with van der Waals surface area (Å²) in [4.78, 5) is 0. The average Bonchev–Trinajstić information content (AvgIpc) is 3.54. The minimum Gasteiger partial charge on any atom is -0.467 e. The number of fused-ring (bicyclic) bond motifs is 2. The van der Waals surface area contributed by atoms with E-state index in [1.807, 2.05) is 62.4 Å². The summed E-state index contributed by atoms with van der Waals surface area (Å²) in [7, 11) is 0. The average molecular weight is 482 g/mol. The van der Waals surface area contributed by atoms with Gasteiger partial charge in [0.05, 0.1) is 11.5 Å². The molecule has 3 heteroatoms. The Labute approximate surface area is 202 Å². The summed E-state index contributed by atoms with van der Waals surface area (Å²) in [5.41, 5.74) is 5.06. The van der Waals surface area contributed by atoms with Crippen molar-refractivity contribution in [1.29, 1.82) is 0 Å². The maximum absolute atomic E-state index is 5.64. The Morgan fingerprint density at radius 3 is 1.39 bits per heavy atom. The van der Waals surface area contributed by atoms with Crippen molar-refractivity contribution >= 4 is 12.2 Å². The minimum absolute atomic E-state index is 0. The predicted octanol–water partition coefficient (Wildman–Crippen LogP) is 7.10. The molecule has 2 aromatic heterocycles. The van der Waals surface area contributed by atoms with Crippen molar-refractivity contribution in [3.63, 3.8) is 0 Å². The molecule has 0 radical (unpaired) electrons. The molecule has 4 aromatic rings. The van der Waals surface area contributed by atoms with Crippen molar-refractivity contribution in [2.75, 3.05) is 0 Å². The number of aryl methyl sites for hydroxylation is 2. The van der Waals surface area contributed by atoms with E-state index in [1.54, 1.807) is 0 Å². The van der Waals surface area contributed by atoms with Crippen molar-refractivity contribution in [1.82, 2.24) is 0 Å². The SMILES string of the molecule is Cc1ccc(C2[C-]=Cc3ccccc32)o1.Cc1ccc(C2[C-]=Cc3ccccc32)o1.[Zr+2]. The molecule has 2 aliphatic rings. The van der Waals surface area contributed by atoms with Gasteiger partial charge < -0.3 is 8.83 Å². The molecule has 0 N–H and O–H groups in total. The molecule has 0 amide bonds. The first-order chi connectivity index (χ1) is 14.7. The maximum Gasteiger partial charge on any atom is 2.00 e. The Bertz CT molecular complexity index is 1140. The summed E-state index contributed by atoms with van der Waals surface area (Å²) in [6.45, 7) is 3.93. The van der Waals surface area contributed by atoms with Crippen molar-refractivity contribution in [3.05, 3.63) is 130 Å². The molecule has 6 rings (SSSR count). The molecule has 0 saturated heterocycles. The van der Waals surface area contributed by atoms with Crippen molar-refractivity contribution < 1.29 is 35.0 Å². The van der Waals surface area contributed by atoms with Crippen molar-refractivity contribution in [3.8, 4) is 0 Å². The number of benzene rings is 2. The Kier molecular flexibility index (Phi) is 6.44. The van der Waals surface area contributed by atoms with E-state index in [4.69, 9.17) is 8.83 Å². The zero-order valence-electron chi connectivity index (χ0n) is 17.6. The molecule has 0 saturated carbocycles. The zero-order chi connectivity index (χ0) is 20.5. The summed E-state index contributed by atoms with van der Waals surface area (Å²) in [6, 6.07) is 24.8. The van der Waals surface area contributed by atoms with Gasteiger partial charge in [0.25, 0.3) is 0 Å². The third-order valence-electron chi connectivity index (χ3n) is 5.52. The molecule has 2 nitrogen and oxygen atoms in total. The number of hydrogen-bond acceptors (Lipinski definition) is 2. The summed E-state index contributed by atoms with van der Waals surface area (Å²) in [6.07, 6.45) is 10.7. The van der Waals surface area contributed by atoms with Crippen LogP contribution in [0.5, 0.6) is 0 Å². The van der Waals surface area contributed by atoms with Crippen LogP contribution in [0.1, 0.15) is 57.1 Å².